The Morgan fingerprint density at radius 1 is 1.10 bits per heavy atom. The third kappa shape index (κ3) is 4.95. The Balaban J connectivity index is 1.75. The number of hydrogen-bond donors (Lipinski definition) is 1. The quantitative estimate of drug-likeness (QED) is 0.568. The summed E-state index contributed by atoms with van der Waals surface area (Å²) in [5, 5.41) is 3.91. The molecule has 0 spiro atoms. The summed E-state index contributed by atoms with van der Waals surface area (Å²) in [6, 6.07) is 12.7. The number of nitrogens with zero attached hydrogens (tertiary/aromatic N) is 2. The summed E-state index contributed by atoms with van der Waals surface area (Å²) in [6.45, 7) is 4.27. The van der Waals surface area contributed by atoms with E-state index in [2.05, 4.69) is 5.32 Å². The van der Waals surface area contributed by atoms with Gasteiger partial charge in [-0.1, -0.05) is 26.0 Å². The van der Waals surface area contributed by atoms with Gasteiger partial charge >= 0.3 is 0 Å². The van der Waals surface area contributed by atoms with E-state index in [4.69, 9.17) is 0 Å². The number of nitrogens with one attached hydrogen (secondary N) is 1. The number of carbonyl (C=O) groups is 2. The molecule has 2 aromatic carbocycles. The largest absolute Gasteiger partial charge is 0.356 e. The Labute approximate surface area is 182 Å². The highest BCUT2D eigenvalue weighted by Gasteiger charge is 2.22. The number of amides is 2. The normalized spacial score (nSPS) is 12.0. The molecule has 1 N–H and O–H groups in total. The van der Waals surface area contributed by atoms with E-state index >= 15 is 0 Å². The van der Waals surface area contributed by atoms with E-state index in [0.29, 0.717) is 19.4 Å². The van der Waals surface area contributed by atoms with E-state index in [1.54, 1.807) is 31.0 Å². The molecular weight excluding hydrogens is 393 g/mol. The van der Waals surface area contributed by atoms with Crippen LogP contribution in [0.15, 0.2) is 48.7 Å². The molecule has 0 aliphatic heterocycles. The van der Waals surface area contributed by atoms with Crippen LogP contribution in [-0.4, -0.2) is 40.9 Å². The minimum absolute atomic E-state index is 0.0147. The summed E-state index contributed by atoms with van der Waals surface area (Å²) in [5.74, 6) is -0.896. The lowest BCUT2D eigenvalue weighted by molar-refractivity contribution is -0.120. The standard InChI is InChI=1S/C25H30FN3O2/c1-5-20(11-13-27-24(30)6-2)29(4)25(31)21-9-7-18(16-22(21)26)17-8-10-23-19(15-17)12-14-28(23)3/h7-10,12,14-16,20H,5-6,11,13H2,1-4H3,(H,27,30). The van der Waals surface area contributed by atoms with Gasteiger partial charge < -0.3 is 14.8 Å². The molecule has 0 bridgehead atoms. The van der Waals surface area contributed by atoms with Gasteiger partial charge in [-0.3, -0.25) is 9.59 Å². The monoisotopic (exact) mass is 423 g/mol. The van der Waals surface area contributed by atoms with Crippen molar-refractivity contribution in [3.63, 3.8) is 0 Å². The van der Waals surface area contributed by atoms with Crippen molar-refractivity contribution in [2.45, 2.75) is 39.2 Å². The molecule has 1 atom stereocenters. The molecule has 0 radical (unpaired) electrons. The van der Waals surface area contributed by atoms with Gasteiger partial charge in [0.15, 0.2) is 0 Å². The second kappa shape index (κ2) is 9.77. The van der Waals surface area contributed by atoms with Gasteiger partial charge in [0.1, 0.15) is 5.82 Å². The molecule has 5 nitrogen and oxygen atoms in total. The highest BCUT2D eigenvalue weighted by molar-refractivity contribution is 5.95. The second-order valence-corrected chi connectivity index (χ2v) is 7.87. The lowest BCUT2D eigenvalue weighted by atomic mass is 10.0. The van der Waals surface area contributed by atoms with E-state index < -0.39 is 5.82 Å². The van der Waals surface area contributed by atoms with Crippen molar-refractivity contribution in [3.8, 4) is 11.1 Å². The third-order valence-corrected chi connectivity index (χ3v) is 5.88. The average Bonchev–Trinajstić information content (AvgIpc) is 3.15. The third-order valence-electron chi connectivity index (χ3n) is 5.88. The van der Waals surface area contributed by atoms with Crippen LogP contribution in [0.2, 0.25) is 0 Å². The fraction of sp³-hybridized carbons (Fsp3) is 0.360. The molecule has 0 aliphatic rings. The zero-order valence-electron chi connectivity index (χ0n) is 18.6. The van der Waals surface area contributed by atoms with Gasteiger partial charge in [0.05, 0.1) is 5.56 Å². The minimum Gasteiger partial charge on any atom is -0.356 e. The van der Waals surface area contributed by atoms with Crippen LogP contribution in [0, 0.1) is 5.82 Å². The summed E-state index contributed by atoms with van der Waals surface area (Å²) in [4.78, 5) is 25.9. The van der Waals surface area contributed by atoms with E-state index in [0.717, 1.165) is 28.5 Å². The maximum Gasteiger partial charge on any atom is 0.256 e. The molecule has 3 rings (SSSR count). The van der Waals surface area contributed by atoms with E-state index in [-0.39, 0.29) is 23.4 Å². The van der Waals surface area contributed by atoms with Gasteiger partial charge in [-0.2, -0.15) is 0 Å². The molecule has 1 aromatic heterocycles. The minimum atomic E-state index is -0.531. The molecule has 2 amide bonds. The maximum absolute atomic E-state index is 14.9. The number of aromatic nitrogens is 1. The van der Waals surface area contributed by atoms with Gasteiger partial charge in [-0.05, 0) is 54.3 Å². The summed E-state index contributed by atoms with van der Waals surface area (Å²) in [6.07, 6.45) is 3.77. The molecule has 1 heterocycles. The van der Waals surface area contributed by atoms with Crippen LogP contribution in [0.4, 0.5) is 4.39 Å². The van der Waals surface area contributed by atoms with Crippen molar-refractivity contribution >= 4 is 22.7 Å². The van der Waals surface area contributed by atoms with Gasteiger partial charge in [0.25, 0.3) is 5.91 Å². The highest BCUT2D eigenvalue weighted by Crippen LogP contribution is 2.27. The van der Waals surface area contributed by atoms with Crippen molar-refractivity contribution in [2.24, 2.45) is 7.05 Å². The second-order valence-electron chi connectivity index (χ2n) is 7.87. The van der Waals surface area contributed by atoms with Crippen LogP contribution in [0.5, 0.6) is 0 Å². The number of halogens is 1. The van der Waals surface area contributed by atoms with E-state index in [1.807, 2.05) is 49.0 Å². The van der Waals surface area contributed by atoms with Crippen LogP contribution in [0.25, 0.3) is 22.0 Å². The molecule has 0 saturated heterocycles. The zero-order valence-corrected chi connectivity index (χ0v) is 18.6. The molecule has 6 heteroatoms. The molecule has 31 heavy (non-hydrogen) atoms. The Hall–Kier alpha value is -3.15. The first-order chi connectivity index (χ1) is 14.8. The average molecular weight is 424 g/mol. The van der Waals surface area contributed by atoms with Crippen molar-refractivity contribution in [3.05, 3.63) is 60.0 Å². The fourth-order valence-corrected chi connectivity index (χ4v) is 3.86. The Bertz CT molecular complexity index is 1090. The van der Waals surface area contributed by atoms with Crippen LogP contribution >= 0.6 is 0 Å². The van der Waals surface area contributed by atoms with Gasteiger partial charge in [0, 0.05) is 50.2 Å². The summed E-state index contributed by atoms with van der Waals surface area (Å²) in [5.41, 5.74) is 2.81. The number of rotatable bonds is 8. The molecule has 0 aliphatic carbocycles. The molecule has 164 valence electrons. The van der Waals surface area contributed by atoms with Crippen LogP contribution in [-0.2, 0) is 11.8 Å². The summed E-state index contributed by atoms with van der Waals surface area (Å²) >= 11 is 0. The highest BCUT2D eigenvalue weighted by atomic mass is 19.1. The van der Waals surface area contributed by atoms with Crippen LogP contribution < -0.4 is 5.32 Å². The van der Waals surface area contributed by atoms with E-state index in [1.165, 1.54) is 6.07 Å². The molecule has 1 unspecified atom stereocenters. The smallest absolute Gasteiger partial charge is 0.256 e. The predicted octanol–water partition coefficient (Wildman–Crippen LogP) is 4.75. The topological polar surface area (TPSA) is 54.3 Å². The SMILES string of the molecule is CCC(=O)NCCC(CC)N(C)C(=O)c1ccc(-c2ccc3c(ccn3C)c2)cc1F. The first-order valence-corrected chi connectivity index (χ1v) is 10.7. The Morgan fingerprint density at radius 3 is 2.48 bits per heavy atom. The van der Waals surface area contributed by atoms with Gasteiger partial charge in [0.2, 0.25) is 5.91 Å². The van der Waals surface area contributed by atoms with Crippen molar-refractivity contribution < 1.29 is 14.0 Å². The zero-order chi connectivity index (χ0) is 22.5. The van der Waals surface area contributed by atoms with Crippen LogP contribution in [0.3, 0.4) is 0 Å². The van der Waals surface area contributed by atoms with Gasteiger partial charge in [-0.15, -0.1) is 0 Å². The Kier molecular flexibility index (Phi) is 7.10. The van der Waals surface area contributed by atoms with Crippen molar-refractivity contribution in [2.75, 3.05) is 13.6 Å². The lowest BCUT2D eigenvalue weighted by Crippen LogP contribution is -2.39. The predicted molar refractivity (Wildman–Crippen MR) is 122 cm³/mol. The summed E-state index contributed by atoms with van der Waals surface area (Å²) in [7, 11) is 3.68. The fourth-order valence-electron chi connectivity index (χ4n) is 3.86. The number of aryl methyl sites for hydroxylation is 1. The number of benzene rings is 2. The summed E-state index contributed by atoms with van der Waals surface area (Å²) < 4.78 is 17.0. The van der Waals surface area contributed by atoms with Crippen molar-refractivity contribution in [1.82, 2.24) is 14.8 Å². The Morgan fingerprint density at radius 2 is 1.81 bits per heavy atom. The molecular formula is C25H30FN3O2. The maximum atomic E-state index is 14.9. The van der Waals surface area contributed by atoms with E-state index in [9.17, 15) is 14.0 Å². The lowest BCUT2D eigenvalue weighted by Gasteiger charge is -2.28. The first-order valence-electron chi connectivity index (χ1n) is 10.7. The molecule has 0 fully saturated rings. The van der Waals surface area contributed by atoms with Crippen LogP contribution in [0.1, 0.15) is 43.5 Å². The molecule has 0 saturated carbocycles. The number of fused-ring (bicyclic) bond motifs is 1. The first kappa shape index (κ1) is 22.5. The number of hydrogen-bond acceptors (Lipinski definition) is 2. The van der Waals surface area contributed by atoms with Crippen molar-refractivity contribution in [1.29, 1.82) is 0 Å². The number of carbonyl (C=O) groups excluding carboxylic acids is 2. The van der Waals surface area contributed by atoms with Gasteiger partial charge in [-0.25, -0.2) is 4.39 Å². The molecule has 3 aromatic rings.